The van der Waals surface area contributed by atoms with Crippen LogP contribution in [0.4, 0.5) is 4.79 Å². The van der Waals surface area contributed by atoms with Gasteiger partial charge in [-0.15, -0.1) is 11.8 Å². The smallest absolute Gasteiger partial charge is 0.327 e. The number of imide groups is 1. The maximum atomic E-state index is 12.4. The van der Waals surface area contributed by atoms with Crippen molar-refractivity contribution >= 4 is 29.6 Å². The third-order valence-corrected chi connectivity index (χ3v) is 5.97. The van der Waals surface area contributed by atoms with Gasteiger partial charge in [-0.3, -0.25) is 14.5 Å². The van der Waals surface area contributed by atoms with Gasteiger partial charge >= 0.3 is 6.03 Å². The highest BCUT2D eigenvalue weighted by Crippen LogP contribution is 2.19. The Morgan fingerprint density at radius 3 is 2.50 bits per heavy atom. The lowest BCUT2D eigenvalue weighted by atomic mass is 10.1. The summed E-state index contributed by atoms with van der Waals surface area (Å²) in [6, 6.07) is -0.137. The fourth-order valence-corrected chi connectivity index (χ4v) is 3.95. The average Bonchev–Trinajstić information content (AvgIpc) is 2.82. The molecule has 150 valence electrons. The molecule has 0 saturated carbocycles. The quantitative estimate of drug-likeness (QED) is 0.484. The highest BCUT2D eigenvalue weighted by Gasteiger charge is 2.35. The number of carbonyl (C=O) groups excluding carboxylic acids is 3. The summed E-state index contributed by atoms with van der Waals surface area (Å²) >= 11 is 1.71. The zero-order valence-corrected chi connectivity index (χ0v) is 17.8. The van der Waals surface area contributed by atoms with Crippen LogP contribution in [-0.4, -0.2) is 70.9 Å². The van der Waals surface area contributed by atoms with Crippen LogP contribution in [0.15, 0.2) is 0 Å². The van der Waals surface area contributed by atoms with E-state index in [0.717, 1.165) is 38.0 Å². The SMILES string of the molecule is CC(=O)N(C)CCCC(C)CSCN1CC(=O)N(CCCC(C)C)C1=O. The number of hydrogen-bond acceptors (Lipinski definition) is 4. The summed E-state index contributed by atoms with van der Waals surface area (Å²) in [5.41, 5.74) is 0. The van der Waals surface area contributed by atoms with Gasteiger partial charge in [0, 0.05) is 27.1 Å². The van der Waals surface area contributed by atoms with Crippen molar-refractivity contribution in [3.63, 3.8) is 0 Å². The molecular weight excluding hydrogens is 350 g/mol. The molecule has 6 nitrogen and oxygen atoms in total. The zero-order valence-electron chi connectivity index (χ0n) is 17.0. The van der Waals surface area contributed by atoms with Crippen LogP contribution in [0.3, 0.4) is 0 Å². The Hall–Kier alpha value is -1.24. The molecule has 0 aromatic carbocycles. The highest BCUT2D eigenvalue weighted by molar-refractivity contribution is 7.99. The molecule has 1 heterocycles. The third kappa shape index (κ3) is 7.98. The van der Waals surface area contributed by atoms with Crippen LogP contribution in [0.5, 0.6) is 0 Å². The van der Waals surface area contributed by atoms with Crippen LogP contribution in [0, 0.1) is 11.8 Å². The molecule has 0 aromatic heterocycles. The van der Waals surface area contributed by atoms with E-state index < -0.39 is 0 Å². The Balaban J connectivity index is 2.23. The van der Waals surface area contributed by atoms with E-state index in [0.29, 0.717) is 24.3 Å². The lowest BCUT2D eigenvalue weighted by Gasteiger charge is -2.19. The van der Waals surface area contributed by atoms with Crippen molar-refractivity contribution in [1.82, 2.24) is 14.7 Å². The van der Waals surface area contributed by atoms with Crippen molar-refractivity contribution in [3.8, 4) is 0 Å². The maximum Gasteiger partial charge on any atom is 0.327 e. The van der Waals surface area contributed by atoms with Gasteiger partial charge in [-0.25, -0.2) is 4.79 Å². The van der Waals surface area contributed by atoms with Gasteiger partial charge in [-0.2, -0.15) is 0 Å². The second kappa shape index (κ2) is 11.5. The predicted molar refractivity (Wildman–Crippen MR) is 107 cm³/mol. The normalized spacial score (nSPS) is 15.9. The molecule has 1 aliphatic heterocycles. The molecule has 1 rings (SSSR count). The van der Waals surface area contributed by atoms with Crippen LogP contribution in [0.2, 0.25) is 0 Å². The molecule has 0 aliphatic carbocycles. The summed E-state index contributed by atoms with van der Waals surface area (Å²) in [6.07, 6.45) is 3.95. The van der Waals surface area contributed by atoms with E-state index in [1.54, 1.807) is 28.5 Å². The van der Waals surface area contributed by atoms with Crippen molar-refractivity contribution < 1.29 is 14.4 Å². The summed E-state index contributed by atoms with van der Waals surface area (Å²) in [5.74, 6) is 2.67. The molecule has 26 heavy (non-hydrogen) atoms. The topological polar surface area (TPSA) is 60.9 Å². The van der Waals surface area contributed by atoms with Crippen LogP contribution in [-0.2, 0) is 9.59 Å². The van der Waals surface area contributed by atoms with Crippen molar-refractivity contribution in [1.29, 1.82) is 0 Å². The number of nitrogens with zero attached hydrogens (tertiary/aromatic N) is 3. The molecule has 0 spiro atoms. The molecule has 0 N–H and O–H groups in total. The van der Waals surface area contributed by atoms with E-state index in [-0.39, 0.29) is 24.4 Å². The molecule has 1 atom stereocenters. The molecular formula is C19H35N3O3S. The number of amides is 4. The van der Waals surface area contributed by atoms with Crippen molar-refractivity contribution in [2.45, 2.75) is 53.4 Å². The average molecular weight is 386 g/mol. The molecule has 4 amide bonds. The van der Waals surface area contributed by atoms with Gasteiger partial charge in [0.2, 0.25) is 11.8 Å². The van der Waals surface area contributed by atoms with E-state index in [1.165, 1.54) is 4.90 Å². The first-order valence-electron chi connectivity index (χ1n) is 9.61. The first kappa shape index (κ1) is 22.8. The Bertz CT molecular complexity index is 485. The second-order valence-corrected chi connectivity index (χ2v) is 8.75. The Morgan fingerprint density at radius 2 is 1.88 bits per heavy atom. The van der Waals surface area contributed by atoms with Crippen LogP contribution >= 0.6 is 11.8 Å². The van der Waals surface area contributed by atoms with E-state index in [2.05, 4.69) is 20.8 Å². The van der Waals surface area contributed by atoms with Gasteiger partial charge in [-0.05, 0) is 43.3 Å². The Kier molecular flexibility index (Phi) is 10.1. The minimum atomic E-state index is -0.137. The fourth-order valence-electron chi connectivity index (χ4n) is 2.85. The highest BCUT2D eigenvalue weighted by atomic mass is 32.2. The number of carbonyl (C=O) groups is 3. The maximum absolute atomic E-state index is 12.4. The molecule has 1 fully saturated rings. The monoisotopic (exact) mass is 385 g/mol. The first-order valence-corrected chi connectivity index (χ1v) is 10.8. The summed E-state index contributed by atoms with van der Waals surface area (Å²) < 4.78 is 0. The predicted octanol–water partition coefficient (Wildman–Crippen LogP) is 3.27. The molecule has 0 radical (unpaired) electrons. The van der Waals surface area contributed by atoms with Gasteiger partial charge in [0.15, 0.2) is 0 Å². The summed E-state index contributed by atoms with van der Waals surface area (Å²) in [7, 11) is 1.82. The Morgan fingerprint density at radius 1 is 1.19 bits per heavy atom. The standard InChI is InChI=1S/C19H35N3O3S/c1-15(2)8-6-11-22-18(24)12-21(19(22)25)14-26-13-16(3)9-7-10-20(5)17(4)23/h15-16H,6-14H2,1-5H3. The second-order valence-electron chi connectivity index (χ2n) is 7.75. The van der Waals surface area contributed by atoms with Crippen LogP contribution in [0.1, 0.15) is 53.4 Å². The number of urea groups is 1. The van der Waals surface area contributed by atoms with E-state index >= 15 is 0 Å². The zero-order chi connectivity index (χ0) is 19.7. The van der Waals surface area contributed by atoms with Crippen molar-refractivity contribution in [3.05, 3.63) is 0 Å². The Labute approximate surface area is 162 Å². The third-order valence-electron chi connectivity index (χ3n) is 4.67. The van der Waals surface area contributed by atoms with E-state index in [1.807, 2.05) is 7.05 Å². The molecule has 1 saturated heterocycles. The number of thioether (sulfide) groups is 1. The first-order chi connectivity index (χ1) is 12.2. The largest absolute Gasteiger partial charge is 0.346 e. The molecule has 7 heteroatoms. The van der Waals surface area contributed by atoms with Gasteiger partial charge in [0.25, 0.3) is 0 Å². The summed E-state index contributed by atoms with van der Waals surface area (Å²) in [6.45, 7) is 9.61. The minimum Gasteiger partial charge on any atom is -0.346 e. The lowest BCUT2D eigenvalue weighted by Crippen LogP contribution is -2.34. The van der Waals surface area contributed by atoms with Crippen LogP contribution < -0.4 is 0 Å². The van der Waals surface area contributed by atoms with Gasteiger partial charge in [0.05, 0.1) is 5.88 Å². The summed E-state index contributed by atoms with van der Waals surface area (Å²) in [5, 5.41) is 0. The van der Waals surface area contributed by atoms with Gasteiger partial charge in [-0.1, -0.05) is 20.8 Å². The minimum absolute atomic E-state index is 0.0697. The summed E-state index contributed by atoms with van der Waals surface area (Å²) in [4.78, 5) is 40.4. The van der Waals surface area contributed by atoms with Crippen molar-refractivity contribution in [2.75, 3.05) is 38.3 Å². The lowest BCUT2D eigenvalue weighted by molar-refractivity contribution is -0.127. The molecule has 0 aromatic rings. The van der Waals surface area contributed by atoms with Gasteiger partial charge < -0.3 is 9.80 Å². The number of rotatable bonds is 12. The van der Waals surface area contributed by atoms with Crippen molar-refractivity contribution in [2.24, 2.45) is 11.8 Å². The van der Waals surface area contributed by atoms with E-state index in [9.17, 15) is 14.4 Å². The number of hydrogen-bond donors (Lipinski definition) is 0. The fraction of sp³-hybridized carbons (Fsp3) is 0.842. The van der Waals surface area contributed by atoms with E-state index in [4.69, 9.17) is 0 Å². The molecule has 1 unspecified atom stereocenters. The van der Waals surface area contributed by atoms with Crippen LogP contribution in [0.25, 0.3) is 0 Å². The molecule has 1 aliphatic rings. The van der Waals surface area contributed by atoms with Gasteiger partial charge in [0.1, 0.15) is 6.54 Å². The molecule has 0 bridgehead atoms.